The van der Waals surface area contributed by atoms with Crippen molar-refractivity contribution in [2.24, 2.45) is 0 Å². The summed E-state index contributed by atoms with van der Waals surface area (Å²) in [4.78, 5) is 4.17. The fraction of sp³-hybridized carbons (Fsp3) is 0.125. The molecule has 1 aliphatic rings. The zero-order chi connectivity index (χ0) is 8.55. The lowest BCUT2D eigenvalue weighted by Gasteiger charge is -2.14. The molecule has 2 rings (SSSR count). The molecule has 0 fully saturated rings. The number of pyridine rings is 1. The number of nitrogens with zero attached hydrogens (tertiary/aromatic N) is 1. The van der Waals surface area contributed by atoms with Gasteiger partial charge in [0.15, 0.2) is 0 Å². The van der Waals surface area contributed by atoms with Gasteiger partial charge in [0.2, 0.25) is 0 Å². The summed E-state index contributed by atoms with van der Waals surface area (Å²) in [7, 11) is 0. The summed E-state index contributed by atoms with van der Waals surface area (Å²) in [6.45, 7) is 2.02. The van der Waals surface area contributed by atoms with Crippen LogP contribution in [0.5, 0.6) is 0 Å². The van der Waals surface area contributed by atoms with Gasteiger partial charge >= 0.3 is 0 Å². The second-order valence-electron chi connectivity index (χ2n) is 2.53. The van der Waals surface area contributed by atoms with E-state index in [1.165, 1.54) is 0 Å². The van der Waals surface area contributed by atoms with Gasteiger partial charge in [0.25, 0.3) is 0 Å². The summed E-state index contributed by atoms with van der Waals surface area (Å²) in [5.41, 5.74) is 2.17. The van der Waals surface area contributed by atoms with Gasteiger partial charge in [-0.1, -0.05) is 23.4 Å². The van der Waals surface area contributed by atoms with Crippen LogP contribution in [-0.4, -0.2) is 4.98 Å². The lowest BCUT2D eigenvalue weighted by molar-refractivity contribution is 1.12. The molecule has 0 bridgehead atoms. The van der Waals surface area contributed by atoms with E-state index in [0.717, 1.165) is 16.4 Å². The highest BCUT2D eigenvalue weighted by molar-refractivity contribution is 8.02. The van der Waals surface area contributed by atoms with Gasteiger partial charge in [0.1, 0.15) is 10.2 Å². The van der Waals surface area contributed by atoms with Gasteiger partial charge in [-0.2, -0.15) is 0 Å². The third-order valence-corrected chi connectivity index (χ3v) is 2.72. The van der Waals surface area contributed by atoms with E-state index in [4.69, 9.17) is 11.6 Å². The Bertz CT molecular complexity index is 349. The predicted molar refractivity (Wildman–Crippen MR) is 52.5 cm³/mol. The standard InChI is InChI=1S/C8H7ClN2S/c1-5-4-12-8-6(10-5)2-3-7(9)11-8/h2-4,10H,1H3. The highest BCUT2D eigenvalue weighted by Gasteiger charge is 2.09. The summed E-state index contributed by atoms with van der Waals surface area (Å²) in [6, 6.07) is 3.72. The molecule has 1 N–H and O–H groups in total. The lowest BCUT2D eigenvalue weighted by Crippen LogP contribution is -2.01. The topological polar surface area (TPSA) is 24.9 Å². The van der Waals surface area contributed by atoms with E-state index >= 15 is 0 Å². The molecule has 0 amide bonds. The number of rotatable bonds is 0. The number of halogens is 1. The molecule has 0 aromatic carbocycles. The normalized spacial score (nSPS) is 14.7. The summed E-state index contributed by atoms with van der Waals surface area (Å²) >= 11 is 7.33. The van der Waals surface area contributed by atoms with Crippen molar-refractivity contribution in [2.75, 3.05) is 5.32 Å². The molecule has 62 valence electrons. The molecular weight excluding hydrogens is 192 g/mol. The van der Waals surface area contributed by atoms with Crippen LogP contribution in [0.1, 0.15) is 6.92 Å². The number of hydrogen-bond donors (Lipinski definition) is 1. The van der Waals surface area contributed by atoms with E-state index in [9.17, 15) is 0 Å². The number of nitrogens with one attached hydrogen (secondary N) is 1. The highest BCUT2D eigenvalue weighted by atomic mass is 35.5. The zero-order valence-electron chi connectivity index (χ0n) is 6.47. The molecule has 4 heteroatoms. The molecule has 2 heterocycles. The van der Waals surface area contributed by atoms with Gasteiger partial charge in [-0.3, -0.25) is 0 Å². The molecule has 0 aliphatic carbocycles. The number of thioether (sulfide) groups is 1. The van der Waals surface area contributed by atoms with E-state index in [0.29, 0.717) is 5.15 Å². The minimum atomic E-state index is 0.538. The molecule has 0 unspecified atom stereocenters. The Morgan fingerprint density at radius 3 is 3.17 bits per heavy atom. The van der Waals surface area contributed by atoms with Crippen molar-refractivity contribution in [1.82, 2.24) is 4.98 Å². The molecule has 1 aromatic heterocycles. The van der Waals surface area contributed by atoms with E-state index < -0.39 is 0 Å². The Labute approximate surface area is 80.0 Å². The van der Waals surface area contributed by atoms with Crippen LogP contribution in [0, 0.1) is 0 Å². The van der Waals surface area contributed by atoms with E-state index in [2.05, 4.69) is 10.3 Å². The summed E-state index contributed by atoms with van der Waals surface area (Å²) in [6.07, 6.45) is 0. The van der Waals surface area contributed by atoms with Crippen molar-refractivity contribution in [3.8, 4) is 0 Å². The van der Waals surface area contributed by atoms with Crippen LogP contribution in [0.4, 0.5) is 5.69 Å². The molecule has 12 heavy (non-hydrogen) atoms. The summed E-state index contributed by atoms with van der Waals surface area (Å²) in [5, 5.41) is 6.70. The molecular formula is C8H7ClN2S. The molecule has 0 radical (unpaired) electrons. The number of anilines is 1. The van der Waals surface area contributed by atoms with Crippen LogP contribution < -0.4 is 5.32 Å². The largest absolute Gasteiger partial charge is 0.356 e. The van der Waals surface area contributed by atoms with Crippen molar-refractivity contribution >= 4 is 29.1 Å². The predicted octanol–water partition coefficient (Wildman–Crippen LogP) is 3.11. The number of aromatic nitrogens is 1. The first kappa shape index (κ1) is 7.95. The average molecular weight is 199 g/mol. The Kier molecular flexibility index (Phi) is 1.98. The molecule has 1 aromatic rings. The van der Waals surface area contributed by atoms with Gasteiger partial charge in [-0.05, 0) is 24.5 Å². The zero-order valence-corrected chi connectivity index (χ0v) is 8.04. The minimum absolute atomic E-state index is 0.538. The summed E-state index contributed by atoms with van der Waals surface area (Å²) in [5.74, 6) is 0. The van der Waals surface area contributed by atoms with Crippen molar-refractivity contribution in [1.29, 1.82) is 0 Å². The monoisotopic (exact) mass is 198 g/mol. The van der Waals surface area contributed by atoms with Crippen LogP contribution in [0.15, 0.2) is 28.3 Å². The van der Waals surface area contributed by atoms with Gasteiger partial charge in [0.05, 0.1) is 5.69 Å². The third-order valence-electron chi connectivity index (χ3n) is 1.51. The SMILES string of the molecule is CC1=CSc2nc(Cl)ccc2N1. The van der Waals surface area contributed by atoms with Crippen LogP contribution in [-0.2, 0) is 0 Å². The molecule has 1 aliphatic heterocycles. The van der Waals surface area contributed by atoms with Crippen molar-refractivity contribution in [3.05, 3.63) is 28.4 Å². The van der Waals surface area contributed by atoms with Crippen LogP contribution in [0.2, 0.25) is 5.15 Å². The molecule has 0 saturated heterocycles. The lowest BCUT2D eigenvalue weighted by atomic mass is 10.4. The average Bonchev–Trinajstić information content (AvgIpc) is 2.05. The maximum atomic E-state index is 5.74. The van der Waals surface area contributed by atoms with Gasteiger partial charge < -0.3 is 5.32 Å². The number of hydrogen-bond acceptors (Lipinski definition) is 3. The maximum absolute atomic E-state index is 5.74. The van der Waals surface area contributed by atoms with Gasteiger partial charge in [-0.25, -0.2) is 4.98 Å². The van der Waals surface area contributed by atoms with E-state index in [-0.39, 0.29) is 0 Å². The second kappa shape index (κ2) is 2.99. The van der Waals surface area contributed by atoms with Gasteiger partial charge in [-0.15, -0.1) is 0 Å². The van der Waals surface area contributed by atoms with Crippen molar-refractivity contribution < 1.29 is 0 Å². The van der Waals surface area contributed by atoms with E-state index in [1.807, 2.05) is 18.4 Å². The fourth-order valence-corrected chi connectivity index (χ4v) is 1.93. The van der Waals surface area contributed by atoms with Crippen molar-refractivity contribution in [2.45, 2.75) is 11.9 Å². The van der Waals surface area contributed by atoms with Crippen molar-refractivity contribution in [3.63, 3.8) is 0 Å². The number of allylic oxidation sites excluding steroid dienone is 1. The van der Waals surface area contributed by atoms with Crippen LogP contribution in [0.3, 0.4) is 0 Å². The first-order chi connectivity index (χ1) is 5.75. The minimum Gasteiger partial charge on any atom is -0.356 e. The first-order valence-corrected chi connectivity index (χ1v) is 4.78. The third kappa shape index (κ3) is 1.42. The second-order valence-corrected chi connectivity index (χ2v) is 3.78. The molecule has 0 saturated carbocycles. The molecule has 2 nitrogen and oxygen atoms in total. The van der Waals surface area contributed by atoms with Crippen LogP contribution >= 0.6 is 23.4 Å². The fourth-order valence-electron chi connectivity index (χ4n) is 0.989. The van der Waals surface area contributed by atoms with E-state index in [1.54, 1.807) is 17.8 Å². The van der Waals surface area contributed by atoms with Crippen LogP contribution in [0.25, 0.3) is 0 Å². The molecule has 0 atom stereocenters. The summed E-state index contributed by atoms with van der Waals surface area (Å²) < 4.78 is 0. The smallest absolute Gasteiger partial charge is 0.130 e. The Morgan fingerprint density at radius 2 is 2.33 bits per heavy atom. The highest BCUT2D eigenvalue weighted by Crippen LogP contribution is 2.32. The first-order valence-electron chi connectivity index (χ1n) is 3.53. The quantitative estimate of drug-likeness (QED) is 0.649. The van der Waals surface area contributed by atoms with Gasteiger partial charge in [0, 0.05) is 5.70 Å². The Morgan fingerprint density at radius 1 is 1.50 bits per heavy atom. The maximum Gasteiger partial charge on any atom is 0.130 e. The molecule has 0 spiro atoms. The Hall–Kier alpha value is -0.670. The Balaban J connectivity index is 2.43. The number of fused-ring (bicyclic) bond motifs is 1.